The standard InChI is InChI=1S/C16H20N2O3/c1-10-13-8-11(9-17-16(19)20)2-3-14(13)18-15(10)12-4-6-21-7-5-12/h2-3,8,12,17-18H,4-7,9H2,1H3,(H,19,20). The molecule has 1 amide bonds. The number of rotatable bonds is 3. The van der Waals surface area contributed by atoms with Crippen molar-refractivity contribution in [3.05, 3.63) is 35.0 Å². The Morgan fingerprint density at radius 3 is 2.90 bits per heavy atom. The number of H-pyrrole nitrogens is 1. The molecule has 21 heavy (non-hydrogen) atoms. The summed E-state index contributed by atoms with van der Waals surface area (Å²) in [5, 5.41) is 12.3. The van der Waals surface area contributed by atoms with Gasteiger partial charge in [-0.3, -0.25) is 0 Å². The van der Waals surface area contributed by atoms with E-state index in [0.29, 0.717) is 12.5 Å². The minimum atomic E-state index is -0.996. The van der Waals surface area contributed by atoms with E-state index in [1.54, 1.807) is 0 Å². The SMILES string of the molecule is Cc1c(C2CCOCC2)[nH]c2ccc(CNC(=O)O)cc12. The normalized spacial score (nSPS) is 16.2. The highest BCUT2D eigenvalue weighted by Gasteiger charge is 2.20. The largest absolute Gasteiger partial charge is 0.465 e. The molecule has 112 valence electrons. The summed E-state index contributed by atoms with van der Waals surface area (Å²) in [6.45, 7) is 4.13. The van der Waals surface area contributed by atoms with E-state index in [1.165, 1.54) is 16.6 Å². The molecule has 5 heteroatoms. The number of nitrogens with one attached hydrogen (secondary N) is 2. The summed E-state index contributed by atoms with van der Waals surface area (Å²) in [6.07, 6.45) is 1.12. The molecule has 1 aliphatic heterocycles. The second-order valence-corrected chi connectivity index (χ2v) is 5.59. The van der Waals surface area contributed by atoms with Crippen LogP contribution in [-0.4, -0.2) is 29.4 Å². The summed E-state index contributed by atoms with van der Waals surface area (Å²) in [4.78, 5) is 14.1. The smallest absolute Gasteiger partial charge is 0.404 e. The van der Waals surface area contributed by atoms with E-state index in [0.717, 1.165) is 37.1 Å². The zero-order chi connectivity index (χ0) is 14.8. The van der Waals surface area contributed by atoms with Crippen molar-refractivity contribution in [2.24, 2.45) is 0 Å². The van der Waals surface area contributed by atoms with Gasteiger partial charge in [-0.05, 0) is 43.0 Å². The monoisotopic (exact) mass is 288 g/mol. The van der Waals surface area contributed by atoms with Gasteiger partial charge in [-0.15, -0.1) is 0 Å². The lowest BCUT2D eigenvalue weighted by molar-refractivity contribution is 0.0845. The zero-order valence-corrected chi connectivity index (χ0v) is 12.1. The Bertz CT molecular complexity index is 657. The van der Waals surface area contributed by atoms with Crippen LogP contribution in [0.2, 0.25) is 0 Å². The van der Waals surface area contributed by atoms with E-state index in [9.17, 15) is 4.79 Å². The molecule has 1 aromatic carbocycles. The van der Waals surface area contributed by atoms with Gasteiger partial charge in [-0.1, -0.05) is 6.07 Å². The molecular formula is C16H20N2O3. The van der Waals surface area contributed by atoms with Crippen LogP contribution in [0.1, 0.15) is 35.6 Å². The first kappa shape index (κ1) is 13.9. The van der Waals surface area contributed by atoms with Crippen LogP contribution in [0, 0.1) is 6.92 Å². The molecule has 2 aromatic rings. The highest BCUT2D eigenvalue weighted by Crippen LogP contribution is 2.33. The molecule has 0 unspecified atom stereocenters. The number of aromatic nitrogens is 1. The fourth-order valence-electron chi connectivity index (χ4n) is 3.08. The van der Waals surface area contributed by atoms with E-state index >= 15 is 0 Å². The van der Waals surface area contributed by atoms with Crippen molar-refractivity contribution in [3.63, 3.8) is 0 Å². The first-order valence-electron chi connectivity index (χ1n) is 7.31. The van der Waals surface area contributed by atoms with Gasteiger partial charge in [0, 0.05) is 42.3 Å². The van der Waals surface area contributed by atoms with E-state index < -0.39 is 6.09 Å². The molecule has 5 nitrogen and oxygen atoms in total. The summed E-state index contributed by atoms with van der Waals surface area (Å²) in [5.74, 6) is 0.534. The Hall–Kier alpha value is -2.01. The molecule has 3 N–H and O–H groups in total. The number of ether oxygens (including phenoxy) is 1. The fraction of sp³-hybridized carbons (Fsp3) is 0.438. The first-order valence-corrected chi connectivity index (χ1v) is 7.31. The molecule has 0 saturated carbocycles. The van der Waals surface area contributed by atoms with Gasteiger partial charge in [-0.2, -0.15) is 0 Å². The molecular weight excluding hydrogens is 268 g/mol. The highest BCUT2D eigenvalue weighted by atomic mass is 16.5. The Morgan fingerprint density at radius 1 is 1.43 bits per heavy atom. The van der Waals surface area contributed by atoms with Crippen molar-refractivity contribution in [2.45, 2.75) is 32.2 Å². The Morgan fingerprint density at radius 2 is 2.19 bits per heavy atom. The third-order valence-corrected chi connectivity index (χ3v) is 4.23. The molecule has 0 spiro atoms. The van der Waals surface area contributed by atoms with Crippen LogP contribution in [0.15, 0.2) is 18.2 Å². The molecule has 1 aromatic heterocycles. The maximum atomic E-state index is 10.6. The fourth-order valence-corrected chi connectivity index (χ4v) is 3.08. The topological polar surface area (TPSA) is 74.3 Å². The van der Waals surface area contributed by atoms with Gasteiger partial charge in [0.05, 0.1) is 0 Å². The maximum absolute atomic E-state index is 10.6. The van der Waals surface area contributed by atoms with Gasteiger partial charge < -0.3 is 20.1 Å². The summed E-state index contributed by atoms with van der Waals surface area (Å²) >= 11 is 0. The van der Waals surface area contributed by atoms with Crippen LogP contribution in [0.4, 0.5) is 4.79 Å². The van der Waals surface area contributed by atoms with Crippen molar-refractivity contribution in [3.8, 4) is 0 Å². The van der Waals surface area contributed by atoms with Gasteiger partial charge in [0.2, 0.25) is 0 Å². The number of hydrogen-bond donors (Lipinski definition) is 3. The lowest BCUT2D eigenvalue weighted by Gasteiger charge is -2.21. The third-order valence-electron chi connectivity index (χ3n) is 4.23. The molecule has 0 radical (unpaired) electrons. The lowest BCUT2D eigenvalue weighted by Crippen LogP contribution is -2.19. The molecule has 1 saturated heterocycles. The third kappa shape index (κ3) is 2.88. The van der Waals surface area contributed by atoms with Crippen LogP contribution in [0.3, 0.4) is 0 Å². The van der Waals surface area contributed by atoms with Crippen LogP contribution in [0.25, 0.3) is 10.9 Å². The lowest BCUT2D eigenvalue weighted by atomic mass is 9.93. The highest BCUT2D eigenvalue weighted by molar-refractivity contribution is 5.85. The summed E-state index contributed by atoms with van der Waals surface area (Å²) in [7, 11) is 0. The number of fused-ring (bicyclic) bond motifs is 1. The van der Waals surface area contributed by atoms with Gasteiger partial charge >= 0.3 is 6.09 Å². The predicted octanol–water partition coefficient (Wildman–Crippen LogP) is 3.14. The van der Waals surface area contributed by atoms with Crippen molar-refractivity contribution in [2.75, 3.05) is 13.2 Å². The summed E-state index contributed by atoms with van der Waals surface area (Å²) < 4.78 is 5.43. The first-order chi connectivity index (χ1) is 10.1. The average Bonchev–Trinajstić information content (AvgIpc) is 2.83. The minimum Gasteiger partial charge on any atom is -0.465 e. The van der Waals surface area contributed by atoms with E-state index in [2.05, 4.69) is 23.3 Å². The number of amides is 1. The predicted molar refractivity (Wildman–Crippen MR) is 80.7 cm³/mol. The van der Waals surface area contributed by atoms with Gasteiger partial charge in [0.15, 0.2) is 0 Å². The van der Waals surface area contributed by atoms with Gasteiger partial charge in [-0.25, -0.2) is 4.79 Å². The molecule has 0 bridgehead atoms. The number of benzene rings is 1. The molecule has 1 fully saturated rings. The second kappa shape index (κ2) is 5.77. The van der Waals surface area contributed by atoms with Crippen molar-refractivity contribution in [1.29, 1.82) is 0 Å². The summed E-state index contributed by atoms with van der Waals surface area (Å²) in [6, 6.07) is 6.06. The van der Waals surface area contributed by atoms with Crippen LogP contribution in [0.5, 0.6) is 0 Å². The van der Waals surface area contributed by atoms with Crippen molar-refractivity contribution >= 4 is 17.0 Å². The van der Waals surface area contributed by atoms with Gasteiger partial charge in [0.25, 0.3) is 0 Å². The molecule has 0 atom stereocenters. The van der Waals surface area contributed by atoms with E-state index in [-0.39, 0.29) is 0 Å². The summed E-state index contributed by atoms with van der Waals surface area (Å²) in [5.41, 5.74) is 4.67. The molecule has 0 aliphatic carbocycles. The van der Waals surface area contributed by atoms with Crippen LogP contribution >= 0.6 is 0 Å². The quantitative estimate of drug-likeness (QED) is 0.812. The van der Waals surface area contributed by atoms with E-state index in [1.807, 2.05) is 12.1 Å². The van der Waals surface area contributed by atoms with Crippen LogP contribution in [-0.2, 0) is 11.3 Å². The maximum Gasteiger partial charge on any atom is 0.404 e. The molecule has 1 aliphatic rings. The number of carboxylic acid groups (broad SMARTS) is 1. The minimum absolute atomic E-state index is 0.336. The van der Waals surface area contributed by atoms with Crippen molar-refractivity contribution in [1.82, 2.24) is 10.3 Å². The van der Waals surface area contributed by atoms with E-state index in [4.69, 9.17) is 9.84 Å². The Kier molecular flexibility index (Phi) is 3.84. The number of aryl methyl sites for hydroxylation is 1. The van der Waals surface area contributed by atoms with Crippen molar-refractivity contribution < 1.29 is 14.6 Å². The molecule has 3 rings (SSSR count). The number of aromatic amines is 1. The van der Waals surface area contributed by atoms with Gasteiger partial charge in [0.1, 0.15) is 0 Å². The second-order valence-electron chi connectivity index (χ2n) is 5.59. The number of hydrogen-bond acceptors (Lipinski definition) is 2. The zero-order valence-electron chi connectivity index (χ0n) is 12.1. The molecule has 2 heterocycles. The Balaban J connectivity index is 1.90. The van der Waals surface area contributed by atoms with Crippen LogP contribution < -0.4 is 5.32 Å². The Labute approximate surface area is 123 Å². The number of carbonyl (C=O) groups is 1. The average molecular weight is 288 g/mol.